The number of hydrogen-bond acceptors (Lipinski definition) is 13. The smallest absolute Gasteiger partial charge is 0.338 e. The van der Waals surface area contributed by atoms with E-state index in [0.717, 1.165) is 0 Å². The Morgan fingerprint density at radius 1 is 0.846 bits per heavy atom. The summed E-state index contributed by atoms with van der Waals surface area (Å²) in [6, 6.07) is 0. The molecule has 0 saturated heterocycles. The molecule has 2 N–H and O–H groups in total. The summed E-state index contributed by atoms with van der Waals surface area (Å²) in [5.74, 6) is -6.84. The molecule has 3 aliphatic heterocycles. The summed E-state index contributed by atoms with van der Waals surface area (Å²) in [5.41, 5.74) is -4.96. The van der Waals surface area contributed by atoms with Crippen LogP contribution >= 0.6 is 0 Å². The zero-order valence-electron chi connectivity index (χ0n) is 29.3. The van der Waals surface area contributed by atoms with Gasteiger partial charge >= 0.3 is 29.8 Å². The number of Topliss-reactive ketones (excluding diaryl/α,β-unsaturated/α-hetero) is 1. The maximum absolute atomic E-state index is 14.4. The summed E-state index contributed by atoms with van der Waals surface area (Å²) in [6.45, 7) is 5.99. The molecule has 0 aromatic carbocycles. The topological polar surface area (TPSA) is 189 Å². The Kier molecular flexibility index (Phi) is 6.07. The van der Waals surface area contributed by atoms with Gasteiger partial charge in [-0.15, -0.1) is 0 Å². The third kappa shape index (κ3) is 3.49. The van der Waals surface area contributed by atoms with E-state index < -0.39 is 87.9 Å². The van der Waals surface area contributed by atoms with Crippen LogP contribution in [0, 0.1) is 52.3 Å². The van der Waals surface area contributed by atoms with Crippen molar-refractivity contribution in [3.05, 3.63) is 45.6 Å². The number of carbonyl (C=O) groups is 6. The molecule has 0 aromatic rings. The highest BCUT2D eigenvalue weighted by Crippen LogP contribution is 2.84. The highest BCUT2D eigenvalue weighted by Gasteiger charge is 2.89. The van der Waals surface area contributed by atoms with Crippen LogP contribution in [0.5, 0.6) is 0 Å². The third-order valence-electron chi connectivity index (χ3n) is 15.3. The molecule has 6 saturated carbocycles. The van der Waals surface area contributed by atoms with Gasteiger partial charge in [-0.2, -0.15) is 0 Å². The summed E-state index contributed by atoms with van der Waals surface area (Å²) in [5, 5.41) is 26.0. The molecule has 0 amide bonds. The van der Waals surface area contributed by atoms with Gasteiger partial charge in [-0.05, 0) is 91.4 Å². The number of carbonyl (C=O) groups excluding carboxylic acids is 6. The van der Waals surface area contributed by atoms with Gasteiger partial charge in [0.2, 0.25) is 0 Å². The van der Waals surface area contributed by atoms with Gasteiger partial charge in [-0.1, -0.05) is 13.0 Å². The first-order valence-electron chi connectivity index (χ1n) is 18.3. The SMILES string of the molecule is CC1=CC(=O)OCC2(O)C3CC3C3(C)C2CC2=C(COC(=O)CCC(=O)OC1)C(=O)OC21C3C=C2C3CC3C3(C)C(=O)C4OC(=O)C(C)=C4C1C23O. The first-order chi connectivity index (χ1) is 24.5. The van der Waals surface area contributed by atoms with E-state index in [9.17, 15) is 39.0 Å². The Bertz CT molecular complexity index is 2000. The van der Waals surface area contributed by atoms with Crippen molar-refractivity contribution in [2.75, 3.05) is 19.8 Å². The van der Waals surface area contributed by atoms with Gasteiger partial charge in [0.25, 0.3) is 0 Å². The number of esters is 5. The average Bonchev–Trinajstić information content (AvgIpc) is 4.00. The minimum atomic E-state index is -1.82. The molecule has 13 atom stereocenters. The van der Waals surface area contributed by atoms with Crippen LogP contribution < -0.4 is 0 Å². The minimum Gasteiger partial charge on any atom is -0.461 e. The maximum atomic E-state index is 14.4. The number of cyclic esters (lactones) is 3. The molecule has 7 aliphatic carbocycles. The van der Waals surface area contributed by atoms with E-state index in [1.807, 2.05) is 6.08 Å². The number of rotatable bonds is 0. The van der Waals surface area contributed by atoms with Crippen LogP contribution in [0.2, 0.25) is 0 Å². The second-order valence-corrected chi connectivity index (χ2v) is 17.3. The van der Waals surface area contributed by atoms with E-state index in [4.69, 9.17) is 23.7 Å². The molecule has 0 radical (unpaired) electrons. The lowest BCUT2D eigenvalue weighted by molar-refractivity contribution is -0.220. The standard InChI is InChI=1S/C39H40O13/c1-15-7-28(42)50-14-37(46)23-9-22(23)35(3)24(37)10-20-18(13-49-27(41)6-5-26(40)48-12-15)34(45)52-38(20)25(35)11-21-17-8-19(17)36(4)32(43)30-29(16(2)33(44)51-30)31(38)39(21,36)47/h7,11,17,19,22-25,30-31,46-47H,5-6,8-10,12-14H2,1-4H3. The van der Waals surface area contributed by atoms with E-state index in [2.05, 4.69) is 6.92 Å². The summed E-state index contributed by atoms with van der Waals surface area (Å²) >= 11 is 0. The van der Waals surface area contributed by atoms with Gasteiger partial charge in [0, 0.05) is 23.5 Å². The molecule has 6 fully saturated rings. The molecule has 10 rings (SSSR count). The third-order valence-corrected chi connectivity index (χ3v) is 15.3. The van der Waals surface area contributed by atoms with Crippen molar-refractivity contribution in [1.29, 1.82) is 0 Å². The lowest BCUT2D eigenvalue weighted by Gasteiger charge is -2.66. The zero-order valence-corrected chi connectivity index (χ0v) is 29.3. The van der Waals surface area contributed by atoms with Crippen LogP contribution in [0.15, 0.2) is 45.6 Å². The van der Waals surface area contributed by atoms with Crippen LogP contribution in [0.3, 0.4) is 0 Å². The Hall–Kier alpha value is -4.10. The lowest BCUT2D eigenvalue weighted by Crippen LogP contribution is -2.74. The molecule has 13 unspecified atom stereocenters. The number of ketones is 1. The van der Waals surface area contributed by atoms with Gasteiger partial charge in [0.15, 0.2) is 17.5 Å². The fraction of sp³-hybridized carbons (Fsp3) is 0.641. The van der Waals surface area contributed by atoms with Crippen molar-refractivity contribution in [2.45, 2.75) is 82.7 Å². The molecule has 13 heteroatoms. The second-order valence-electron chi connectivity index (χ2n) is 17.3. The van der Waals surface area contributed by atoms with Gasteiger partial charge in [-0.25, -0.2) is 14.4 Å². The van der Waals surface area contributed by atoms with E-state index in [0.29, 0.717) is 35.1 Å². The first-order valence-corrected chi connectivity index (χ1v) is 18.3. The number of hydrogen-bond donors (Lipinski definition) is 2. The van der Waals surface area contributed by atoms with Gasteiger partial charge < -0.3 is 33.9 Å². The predicted molar refractivity (Wildman–Crippen MR) is 172 cm³/mol. The van der Waals surface area contributed by atoms with Gasteiger partial charge in [-0.3, -0.25) is 14.4 Å². The van der Waals surface area contributed by atoms with Crippen LogP contribution in [0.25, 0.3) is 0 Å². The Balaban J connectivity index is 1.20. The van der Waals surface area contributed by atoms with Crippen molar-refractivity contribution >= 4 is 35.6 Å². The fourth-order valence-electron chi connectivity index (χ4n) is 12.9. The van der Waals surface area contributed by atoms with Crippen LogP contribution in [0.4, 0.5) is 0 Å². The highest BCUT2D eigenvalue weighted by atomic mass is 16.6. The number of aliphatic hydroxyl groups is 2. The summed E-state index contributed by atoms with van der Waals surface area (Å²) < 4.78 is 29.0. The zero-order chi connectivity index (χ0) is 36.7. The number of fused-ring (bicyclic) bond motifs is 9. The largest absolute Gasteiger partial charge is 0.461 e. The second kappa shape index (κ2) is 9.71. The molecule has 1 spiro atoms. The van der Waals surface area contributed by atoms with Gasteiger partial charge in [0.1, 0.15) is 31.0 Å². The van der Waals surface area contributed by atoms with Crippen molar-refractivity contribution < 1.29 is 62.7 Å². The first kappa shape index (κ1) is 32.5. The molecule has 274 valence electrons. The van der Waals surface area contributed by atoms with Crippen LogP contribution in [-0.4, -0.2) is 88.6 Å². The minimum absolute atomic E-state index is 0.0461. The fourth-order valence-corrected chi connectivity index (χ4v) is 12.9. The van der Waals surface area contributed by atoms with Gasteiger partial charge in [0.05, 0.1) is 29.7 Å². The Labute approximate surface area is 298 Å². The summed E-state index contributed by atoms with van der Waals surface area (Å²) in [4.78, 5) is 80.5. The Morgan fingerprint density at radius 2 is 1.56 bits per heavy atom. The van der Waals surface area contributed by atoms with E-state index in [1.165, 1.54) is 6.08 Å². The molecule has 52 heavy (non-hydrogen) atoms. The van der Waals surface area contributed by atoms with E-state index in [-0.39, 0.29) is 73.1 Å². The van der Waals surface area contributed by atoms with Crippen molar-refractivity contribution in [1.82, 2.24) is 0 Å². The summed E-state index contributed by atoms with van der Waals surface area (Å²) in [6.07, 6.45) is 2.72. The monoisotopic (exact) mass is 716 g/mol. The molecule has 3 heterocycles. The number of ether oxygens (including phenoxy) is 5. The van der Waals surface area contributed by atoms with E-state index in [1.54, 1.807) is 20.8 Å². The molecular formula is C39H40O13. The highest BCUT2D eigenvalue weighted by molar-refractivity contribution is 6.05. The van der Waals surface area contributed by atoms with Crippen LogP contribution in [0.1, 0.15) is 59.8 Å². The predicted octanol–water partition coefficient (Wildman–Crippen LogP) is 1.74. The maximum Gasteiger partial charge on any atom is 0.338 e. The summed E-state index contributed by atoms with van der Waals surface area (Å²) in [7, 11) is 0. The molecular weight excluding hydrogens is 676 g/mol. The average molecular weight is 717 g/mol. The molecule has 2 bridgehead atoms. The lowest BCUT2D eigenvalue weighted by atomic mass is 9.40. The normalized spacial score (nSPS) is 49.8. The van der Waals surface area contributed by atoms with Crippen molar-refractivity contribution in [3.8, 4) is 0 Å². The Morgan fingerprint density at radius 3 is 2.29 bits per heavy atom. The molecule has 10 aliphatic rings. The molecule has 0 aromatic heterocycles. The van der Waals surface area contributed by atoms with Crippen LogP contribution in [-0.2, 0) is 52.5 Å². The van der Waals surface area contributed by atoms with E-state index >= 15 is 0 Å². The molecule has 13 nitrogen and oxygen atoms in total. The quantitative estimate of drug-likeness (QED) is 0.210. The van der Waals surface area contributed by atoms with Crippen molar-refractivity contribution in [3.63, 3.8) is 0 Å². The van der Waals surface area contributed by atoms with Crippen molar-refractivity contribution in [2.24, 2.45) is 52.3 Å².